The minimum absolute atomic E-state index is 0.121. The van der Waals surface area contributed by atoms with Gasteiger partial charge in [0, 0.05) is 31.1 Å². The smallest absolute Gasteiger partial charge is 0.274 e. The molecule has 6 heteroatoms. The molecule has 1 amide bonds. The van der Waals surface area contributed by atoms with Crippen molar-refractivity contribution in [3.8, 4) is 0 Å². The van der Waals surface area contributed by atoms with Gasteiger partial charge in [-0.15, -0.1) is 0 Å². The first-order valence-electron chi connectivity index (χ1n) is 8.44. The normalized spacial score (nSPS) is 28.7. The van der Waals surface area contributed by atoms with Crippen LogP contribution in [0.4, 0.5) is 11.4 Å². The summed E-state index contributed by atoms with van der Waals surface area (Å²) in [4.78, 5) is 25.3. The van der Waals surface area contributed by atoms with Crippen LogP contribution in [0.1, 0.15) is 37.7 Å². The second kappa shape index (κ2) is 5.60. The molecule has 3 heterocycles. The molecule has 6 nitrogen and oxygen atoms in total. The number of benzene rings is 1. The summed E-state index contributed by atoms with van der Waals surface area (Å²) < 4.78 is 0. The average Bonchev–Trinajstić information content (AvgIpc) is 3.10. The molecule has 2 atom stereocenters. The lowest BCUT2D eigenvalue weighted by Gasteiger charge is -2.30. The number of hydrogen-bond donors (Lipinski definition) is 1. The maximum absolute atomic E-state index is 12.7. The number of hydrogen-bond acceptors (Lipinski definition) is 4. The van der Waals surface area contributed by atoms with Crippen molar-refractivity contribution in [3.05, 3.63) is 33.9 Å². The van der Waals surface area contributed by atoms with Crippen LogP contribution >= 0.6 is 0 Å². The number of nitro groups is 1. The van der Waals surface area contributed by atoms with Gasteiger partial charge in [0.1, 0.15) is 0 Å². The monoisotopic (exact) mass is 315 g/mol. The highest BCUT2D eigenvalue weighted by molar-refractivity contribution is 5.96. The molecule has 2 fully saturated rings. The molecule has 0 aromatic heterocycles. The third-order valence-electron chi connectivity index (χ3n) is 5.53. The van der Waals surface area contributed by atoms with Gasteiger partial charge in [-0.25, -0.2) is 0 Å². The van der Waals surface area contributed by atoms with Gasteiger partial charge in [-0.05, 0) is 44.1 Å². The van der Waals surface area contributed by atoms with E-state index in [9.17, 15) is 14.9 Å². The molecule has 0 saturated carbocycles. The van der Waals surface area contributed by atoms with Crippen LogP contribution in [0.2, 0.25) is 0 Å². The number of nitrogens with zero attached hydrogens (tertiary/aromatic N) is 2. The maximum Gasteiger partial charge on any atom is 0.274 e. The second-order valence-corrected chi connectivity index (χ2v) is 7.01. The number of anilines is 1. The fraction of sp³-hybridized carbons (Fsp3) is 0.588. The lowest BCUT2D eigenvalue weighted by Crippen LogP contribution is -2.40. The summed E-state index contributed by atoms with van der Waals surface area (Å²) in [7, 11) is 0. The van der Waals surface area contributed by atoms with Crippen molar-refractivity contribution in [2.75, 3.05) is 11.4 Å². The number of nitro benzene ring substituents is 1. The van der Waals surface area contributed by atoms with Crippen molar-refractivity contribution >= 4 is 17.3 Å². The van der Waals surface area contributed by atoms with Crippen LogP contribution in [0.3, 0.4) is 0 Å². The minimum Gasteiger partial charge on any atom is -0.312 e. The number of piperidine rings is 1. The topological polar surface area (TPSA) is 75.5 Å². The zero-order valence-electron chi connectivity index (χ0n) is 13.0. The zero-order chi connectivity index (χ0) is 16.0. The molecule has 2 bridgehead atoms. The Morgan fingerprint density at radius 3 is 2.74 bits per heavy atom. The zero-order valence-corrected chi connectivity index (χ0v) is 13.0. The molecule has 122 valence electrons. The Hall–Kier alpha value is -1.95. The van der Waals surface area contributed by atoms with E-state index in [1.54, 1.807) is 11.0 Å². The molecule has 0 radical (unpaired) electrons. The summed E-state index contributed by atoms with van der Waals surface area (Å²) in [6.07, 6.45) is 5.77. The number of amides is 1. The number of carbonyl (C=O) groups excluding carboxylic acids is 1. The van der Waals surface area contributed by atoms with Crippen molar-refractivity contribution in [2.45, 2.75) is 50.6 Å². The summed E-state index contributed by atoms with van der Waals surface area (Å²) in [5, 5.41) is 14.7. The molecule has 1 N–H and O–H groups in total. The maximum atomic E-state index is 12.7. The van der Waals surface area contributed by atoms with E-state index in [-0.39, 0.29) is 16.5 Å². The molecule has 4 rings (SSSR count). The number of nitrogens with one attached hydrogen (secondary N) is 1. The number of rotatable bonds is 3. The van der Waals surface area contributed by atoms with E-state index in [0.717, 1.165) is 18.5 Å². The highest BCUT2D eigenvalue weighted by Gasteiger charge is 2.36. The summed E-state index contributed by atoms with van der Waals surface area (Å²) >= 11 is 0. The van der Waals surface area contributed by atoms with Crippen LogP contribution in [0.15, 0.2) is 18.2 Å². The lowest BCUT2D eigenvalue weighted by molar-refractivity contribution is -0.385. The summed E-state index contributed by atoms with van der Waals surface area (Å²) in [6.45, 7) is 0.566. The predicted molar refractivity (Wildman–Crippen MR) is 86.4 cm³/mol. The molecule has 0 aliphatic carbocycles. The number of carbonyl (C=O) groups is 1. The fourth-order valence-electron chi connectivity index (χ4n) is 4.54. The molecule has 2 unspecified atom stereocenters. The standard InChI is InChI=1S/C17H21N3O3/c21-17(10-11-8-12-4-5-13(9-11)18-12)19-7-6-14-15(19)2-1-3-16(14)20(22)23/h1-3,11-13,18H,4-10H2. The third kappa shape index (κ3) is 2.61. The molecule has 1 aromatic carbocycles. The lowest BCUT2D eigenvalue weighted by atomic mass is 9.89. The number of fused-ring (bicyclic) bond motifs is 3. The van der Waals surface area contributed by atoms with Crippen LogP contribution in [-0.4, -0.2) is 29.5 Å². The Morgan fingerprint density at radius 1 is 1.30 bits per heavy atom. The Balaban J connectivity index is 1.49. The van der Waals surface area contributed by atoms with Gasteiger partial charge < -0.3 is 10.2 Å². The molecule has 2 saturated heterocycles. The van der Waals surface area contributed by atoms with Crippen molar-refractivity contribution in [3.63, 3.8) is 0 Å². The molecular formula is C17H21N3O3. The van der Waals surface area contributed by atoms with E-state index >= 15 is 0 Å². The molecule has 3 aliphatic heterocycles. The Bertz CT molecular complexity index is 648. The van der Waals surface area contributed by atoms with Gasteiger partial charge in [-0.3, -0.25) is 14.9 Å². The Labute approximate surface area is 135 Å². The van der Waals surface area contributed by atoms with Crippen molar-refractivity contribution < 1.29 is 9.72 Å². The quantitative estimate of drug-likeness (QED) is 0.686. The highest BCUT2D eigenvalue weighted by atomic mass is 16.6. The SMILES string of the molecule is O=C(CC1CC2CCC(C1)N2)N1CCc2c1cccc2[N+](=O)[O-]. The molecule has 23 heavy (non-hydrogen) atoms. The fourth-order valence-corrected chi connectivity index (χ4v) is 4.54. The Kier molecular flexibility index (Phi) is 3.56. The largest absolute Gasteiger partial charge is 0.312 e. The van der Waals surface area contributed by atoms with Gasteiger partial charge in [0.2, 0.25) is 5.91 Å². The van der Waals surface area contributed by atoms with E-state index in [4.69, 9.17) is 0 Å². The van der Waals surface area contributed by atoms with Crippen LogP contribution in [0.5, 0.6) is 0 Å². The first-order valence-corrected chi connectivity index (χ1v) is 8.44. The van der Waals surface area contributed by atoms with Gasteiger partial charge in [0.15, 0.2) is 0 Å². The van der Waals surface area contributed by atoms with E-state index in [0.29, 0.717) is 43.0 Å². The summed E-state index contributed by atoms with van der Waals surface area (Å²) in [6, 6.07) is 6.20. The summed E-state index contributed by atoms with van der Waals surface area (Å²) in [5.74, 6) is 0.569. The van der Waals surface area contributed by atoms with Gasteiger partial charge >= 0.3 is 0 Å². The Morgan fingerprint density at radius 2 is 2.04 bits per heavy atom. The van der Waals surface area contributed by atoms with Crippen LogP contribution < -0.4 is 10.2 Å². The predicted octanol–water partition coefficient (Wildman–Crippen LogP) is 2.40. The van der Waals surface area contributed by atoms with Crippen molar-refractivity contribution in [1.29, 1.82) is 0 Å². The van der Waals surface area contributed by atoms with E-state index < -0.39 is 0 Å². The van der Waals surface area contributed by atoms with E-state index in [1.165, 1.54) is 18.9 Å². The van der Waals surface area contributed by atoms with E-state index in [2.05, 4.69) is 5.32 Å². The minimum atomic E-state index is -0.350. The van der Waals surface area contributed by atoms with Crippen molar-refractivity contribution in [2.24, 2.45) is 5.92 Å². The molecule has 0 spiro atoms. The molecular weight excluding hydrogens is 294 g/mol. The van der Waals surface area contributed by atoms with Gasteiger partial charge in [0.05, 0.1) is 16.2 Å². The van der Waals surface area contributed by atoms with Gasteiger partial charge in [-0.2, -0.15) is 0 Å². The van der Waals surface area contributed by atoms with Crippen LogP contribution in [0.25, 0.3) is 0 Å². The first kappa shape index (κ1) is 14.6. The second-order valence-electron chi connectivity index (χ2n) is 7.01. The van der Waals surface area contributed by atoms with Crippen LogP contribution in [0, 0.1) is 16.0 Å². The van der Waals surface area contributed by atoms with Gasteiger partial charge in [0.25, 0.3) is 5.69 Å². The van der Waals surface area contributed by atoms with E-state index in [1.807, 2.05) is 6.07 Å². The average molecular weight is 315 g/mol. The molecule has 1 aromatic rings. The molecule has 3 aliphatic rings. The summed E-state index contributed by atoms with van der Waals surface area (Å²) in [5.41, 5.74) is 1.58. The third-order valence-corrected chi connectivity index (χ3v) is 5.53. The van der Waals surface area contributed by atoms with Crippen molar-refractivity contribution in [1.82, 2.24) is 5.32 Å². The first-order chi connectivity index (χ1) is 11.1. The van der Waals surface area contributed by atoms with Crippen LogP contribution in [-0.2, 0) is 11.2 Å². The van der Waals surface area contributed by atoms with Gasteiger partial charge in [-0.1, -0.05) is 6.07 Å². The highest BCUT2D eigenvalue weighted by Crippen LogP contribution is 2.37.